The van der Waals surface area contributed by atoms with E-state index in [1.165, 1.54) is 6.07 Å². The van der Waals surface area contributed by atoms with Gasteiger partial charge in [-0.15, -0.1) is 0 Å². The van der Waals surface area contributed by atoms with E-state index in [4.69, 9.17) is 10.00 Å². The summed E-state index contributed by atoms with van der Waals surface area (Å²) in [5.41, 5.74) is 0.842. The lowest BCUT2D eigenvalue weighted by atomic mass is 9.92. The van der Waals surface area contributed by atoms with E-state index < -0.39 is 0 Å². The van der Waals surface area contributed by atoms with Gasteiger partial charge in [0.2, 0.25) is 0 Å². The molecule has 0 fully saturated rings. The molecule has 0 saturated heterocycles. The van der Waals surface area contributed by atoms with Crippen molar-refractivity contribution in [1.82, 2.24) is 0 Å². The van der Waals surface area contributed by atoms with E-state index in [0.29, 0.717) is 18.8 Å². The number of hydrogen-bond donors (Lipinski definition) is 0. The van der Waals surface area contributed by atoms with Crippen molar-refractivity contribution in [3.63, 3.8) is 0 Å². The summed E-state index contributed by atoms with van der Waals surface area (Å²) in [6, 6.07) is 7.07. The molecule has 3 heteroatoms. The minimum Gasteiger partial charge on any atom is -0.490 e. The second-order valence-corrected chi connectivity index (χ2v) is 3.71. The molecular weight excluding hydrogens is 193 g/mol. The average molecular weight is 205 g/mol. The van der Waals surface area contributed by atoms with Crippen LogP contribution in [-0.2, 0) is 0 Å². The van der Waals surface area contributed by atoms with Gasteiger partial charge in [0.05, 0.1) is 12.7 Å². The fourth-order valence-electron chi connectivity index (χ4n) is 1.98. The fraction of sp³-hybridized carbons (Fsp3) is 0.417. The second kappa shape index (κ2) is 4.31. The molecule has 2 nitrogen and oxygen atoms in total. The quantitative estimate of drug-likeness (QED) is 0.706. The Morgan fingerprint density at radius 1 is 1.53 bits per heavy atom. The van der Waals surface area contributed by atoms with Crippen molar-refractivity contribution in [3.8, 4) is 11.8 Å². The molecule has 1 aliphatic heterocycles. The first-order valence-corrected chi connectivity index (χ1v) is 5.11. The van der Waals surface area contributed by atoms with E-state index >= 15 is 0 Å². The first-order chi connectivity index (χ1) is 7.33. The Labute approximate surface area is 88.3 Å². The molecule has 0 aliphatic carbocycles. The zero-order valence-electron chi connectivity index (χ0n) is 8.37. The van der Waals surface area contributed by atoms with Crippen LogP contribution in [0.15, 0.2) is 18.2 Å². The third kappa shape index (κ3) is 1.94. The number of halogens is 1. The first-order valence-electron chi connectivity index (χ1n) is 5.11. The Bertz CT molecular complexity index is 397. The Morgan fingerprint density at radius 2 is 2.40 bits per heavy atom. The SMILES string of the molecule is N#CCC1CCCOc2c(F)cccc21. The van der Waals surface area contributed by atoms with E-state index in [1.807, 2.05) is 6.07 Å². The Morgan fingerprint density at radius 3 is 3.20 bits per heavy atom. The molecule has 0 N–H and O–H groups in total. The highest BCUT2D eigenvalue weighted by Crippen LogP contribution is 2.36. The van der Waals surface area contributed by atoms with Gasteiger partial charge >= 0.3 is 0 Å². The predicted octanol–water partition coefficient (Wildman–Crippen LogP) is 3.00. The summed E-state index contributed by atoms with van der Waals surface area (Å²) in [5.74, 6) is 0.135. The van der Waals surface area contributed by atoms with Crippen LogP contribution in [0.2, 0.25) is 0 Å². The van der Waals surface area contributed by atoms with Gasteiger partial charge < -0.3 is 4.74 Å². The summed E-state index contributed by atoms with van der Waals surface area (Å²) < 4.78 is 18.8. The highest BCUT2D eigenvalue weighted by atomic mass is 19.1. The third-order valence-corrected chi connectivity index (χ3v) is 2.72. The van der Waals surface area contributed by atoms with E-state index in [9.17, 15) is 4.39 Å². The van der Waals surface area contributed by atoms with Crippen LogP contribution in [0.25, 0.3) is 0 Å². The molecule has 0 aromatic heterocycles. The smallest absolute Gasteiger partial charge is 0.165 e. The van der Waals surface area contributed by atoms with Crippen LogP contribution in [-0.4, -0.2) is 6.61 Å². The van der Waals surface area contributed by atoms with Crippen molar-refractivity contribution < 1.29 is 9.13 Å². The zero-order valence-corrected chi connectivity index (χ0v) is 8.37. The second-order valence-electron chi connectivity index (χ2n) is 3.71. The van der Waals surface area contributed by atoms with Crippen LogP contribution in [0.3, 0.4) is 0 Å². The van der Waals surface area contributed by atoms with Gasteiger partial charge in [-0.2, -0.15) is 5.26 Å². The molecular formula is C12H12FNO. The van der Waals surface area contributed by atoms with Gasteiger partial charge in [-0.1, -0.05) is 12.1 Å². The Balaban J connectivity index is 2.41. The lowest BCUT2D eigenvalue weighted by Gasteiger charge is -2.13. The normalized spacial score (nSPS) is 19.6. The predicted molar refractivity (Wildman–Crippen MR) is 54.1 cm³/mol. The van der Waals surface area contributed by atoms with Crippen molar-refractivity contribution in [2.75, 3.05) is 6.61 Å². The number of para-hydroxylation sites is 1. The van der Waals surface area contributed by atoms with Crippen LogP contribution in [0.4, 0.5) is 4.39 Å². The number of ether oxygens (including phenoxy) is 1. The fourth-order valence-corrected chi connectivity index (χ4v) is 1.98. The molecule has 2 rings (SSSR count). The lowest BCUT2D eigenvalue weighted by Crippen LogP contribution is -1.99. The summed E-state index contributed by atoms with van der Waals surface area (Å²) in [7, 11) is 0. The van der Waals surface area contributed by atoms with E-state index in [0.717, 1.165) is 18.4 Å². The monoisotopic (exact) mass is 205 g/mol. The zero-order chi connectivity index (χ0) is 10.7. The summed E-state index contributed by atoms with van der Waals surface area (Å²) in [6.07, 6.45) is 2.20. The molecule has 0 radical (unpaired) electrons. The molecule has 78 valence electrons. The summed E-state index contributed by atoms with van der Waals surface area (Å²) in [5, 5.41) is 8.72. The number of rotatable bonds is 1. The lowest BCUT2D eigenvalue weighted by molar-refractivity contribution is 0.301. The Kier molecular flexibility index (Phi) is 2.86. The highest BCUT2D eigenvalue weighted by molar-refractivity contribution is 5.38. The molecule has 15 heavy (non-hydrogen) atoms. The third-order valence-electron chi connectivity index (χ3n) is 2.72. The van der Waals surface area contributed by atoms with E-state index in [-0.39, 0.29) is 11.7 Å². The number of hydrogen-bond acceptors (Lipinski definition) is 2. The molecule has 1 aromatic rings. The molecule has 1 unspecified atom stereocenters. The number of nitrogens with zero attached hydrogens (tertiary/aromatic N) is 1. The maximum atomic E-state index is 13.5. The molecule has 0 saturated carbocycles. The molecule has 1 aliphatic rings. The number of benzene rings is 1. The molecule has 1 heterocycles. The van der Waals surface area contributed by atoms with Gasteiger partial charge in [0.15, 0.2) is 11.6 Å². The van der Waals surface area contributed by atoms with Crippen molar-refractivity contribution in [3.05, 3.63) is 29.6 Å². The number of nitriles is 1. The number of fused-ring (bicyclic) bond motifs is 1. The summed E-state index contributed by atoms with van der Waals surface area (Å²) in [6.45, 7) is 0.538. The minimum atomic E-state index is -0.322. The maximum absolute atomic E-state index is 13.5. The molecule has 0 amide bonds. The summed E-state index contributed by atoms with van der Waals surface area (Å²) >= 11 is 0. The minimum absolute atomic E-state index is 0.114. The van der Waals surface area contributed by atoms with Gasteiger partial charge in [0, 0.05) is 17.9 Å². The standard InChI is InChI=1S/C12H12FNO/c13-11-5-1-4-10-9(6-7-14)3-2-8-15-12(10)11/h1,4-5,9H,2-3,6,8H2. The molecule has 0 spiro atoms. The molecule has 1 atom stereocenters. The van der Waals surface area contributed by atoms with Gasteiger partial charge in [-0.3, -0.25) is 0 Å². The Hall–Kier alpha value is -1.56. The van der Waals surface area contributed by atoms with Gasteiger partial charge in [-0.25, -0.2) is 4.39 Å². The van der Waals surface area contributed by atoms with Crippen LogP contribution in [0, 0.1) is 17.1 Å². The first kappa shape index (κ1) is 9.97. The molecule has 1 aromatic carbocycles. The van der Waals surface area contributed by atoms with Crippen LogP contribution >= 0.6 is 0 Å². The van der Waals surface area contributed by atoms with Crippen LogP contribution < -0.4 is 4.74 Å². The van der Waals surface area contributed by atoms with E-state index in [1.54, 1.807) is 6.07 Å². The van der Waals surface area contributed by atoms with Crippen molar-refractivity contribution in [2.24, 2.45) is 0 Å². The van der Waals surface area contributed by atoms with E-state index in [2.05, 4.69) is 6.07 Å². The van der Waals surface area contributed by atoms with Gasteiger partial charge in [-0.05, 0) is 18.9 Å². The molecule has 0 bridgehead atoms. The average Bonchev–Trinajstić information content (AvgIpc) is 2.43. The highest BCUT2D eigenvalue weighted by Gasteiger charge is 2.21. The van der Waals surface area contributed by atoms with Crippen LogP contribution in [0.5, 0.6) is 5.75 Å². The summed E-state index contributed by atoms with van der Waals surface area (Å²) in [4.78, 5) is 0. The van der Waals surface area contributed by atoms with Gasteiger partial charge in [0.1, 0.15) is 0 Å². The van der Waals surface area contributed by atoms with Crippen molar-refractivity contribution in [1.29, 1.82) is 5.26 Å². The maximum Gasteiger partial charge on any atom is 0.165 e. The topological polar surface area (TPSA) is 33.0 Å². The largest absolute Gasteiger partial charge is 0.490 e. The van der Waals surface area contributed by atoms with Crippen molar-refractivity contribution in [2.45, 2.75) is 25.2 Å². The van der Waals surface area contributed by atoms with Crippen molar-refractivity contribution >= 4 is 0 Å². The van der Waals surface area contributed by atoms with Crippen LogP contribution in [0.1, 0.15) is 30.7 Å². The van der Waals surface area contributed by atoms with Gasteiger partial charge in [0.25, 0.3) is 0 Å².